The van der Waals surface area contributed by atoms with Crippen molar-refractivity contribution in [3.8, 4) is 0 Å². The Morgan fingerprint density at radius 1 is 1.28 bits per heavy atom. The molecule has 7 heteroatoms. The Kier molecular flexibility index (Phi) is 7.12. The third-order valence-electron chi connectivity index (χ3n) is 2.79. The summed E-state index contributed by atoms with van der Waals surface area (Å²) in [5, 5.41) is 11.7. The molecule has 0 aliphatic carbocycles. The Morgan fingerprint density at radius 2 is 2.00 bits per heavy atom. The number of rotatable bonds is 6. The molecule has 7 nitrogen and oxygen atoms in total. The van der Waals surface area contributed by atoms with E-state index < -0.39 is 6.03 Å². The maximum absolute atomic E-state index is 11.1. The van der Waals surface area contributed by atoms with E-state index in [1.165, 1.54) is 0 Å². The highest BCUT2D eigenvalue weighted by Crippen LogP contribution is 2.01. The molecule has 0 unspecified atom stereocenters. The normalized spacial score (nSPS) is 16.2. The van der Waals surface area contributed by atoms with Crippen molar-refractivity contribution in [2.24, 2.45) is 5.73 Å². The molecule has 1 aliphatic rings. The number of amides is 2. The molecule has 0 aromatic carbocycles. The number of nitrogens with zero attached hydrogens (tertiary/aromatic N) is 1. The zero-order valence-corrected chi connectivity index (χ0v) is 10.7. The molecular weight excluding hydrogens is 234 g/mol. The number of urea groups is 1. The fourth-order valence-electron chi connectivity index (χ4n) is 1.83. The molecule has 0 aromatic heterocycles. The lowest BCUT2D eigenvalue weighted by molar-refractivity contribution is 0.0371. The number of hydrogen-bond acceptors (Lipinski definition) is 4. The second kappa shape index (κ2) is 8.71. The van der Waals surface area contributed by atoms with Gasteiger partial charge < -0.3 is 15.8 Å². The highest BCUT2D eigenvalue weighted by Gasteiger charge is 2.08. The van der Waals surface area contributed by atoms with Crippen molar-refractivity contribution in [3.63, 3.8) is 0 Å². The minimum absolute atomic E-state index is 0.334. The van der Waals surface area contributed by atoms with Gasteiger partial charge in [-0.2, -0.15) is 0 Å². The van der Waals surface area contributed by atoms with Gasteiger partial charge in [0.1, 0.15) is 0 Å². The molecule has 0 bridgehead atoms. The first-order chi connectivity index (χ1) is 8.68. The molecule has 0 saturated carbocycles. The SMILES string of the molecule is N=C(N)NC(=O)NCCCCCN1CCOCC1. The van der Waals surface area contributed by atoms with Crippen LogP contribution in [0.25, 0.3) is 0 Å². The number of nitrogens with two attached hydrogens (primary N) is 1. The van der Waals surface area contributed by atoms with E-state index in [0.717, 1.165) is 52.1 Å². The van der Waals surface area contributed by atoms with E-state index in [1.807, 2.05) is 0 Å². The van der Waals surface area contributed by atoms with Gasteiger partial charge in [0, 0.05) is 19.6 Å². The minimum Gasteiger partial charge on any atom is -0.379 e. The van der Waals surface area contributed by atoms with Gasteiger partial charge in [-0.05, 0) is 19.4 Å². The molecule has 1 heterocycles. The first-order valence-corrected chi connectivity index (χ1v) is 6.37. The monoisotopic (exact) mass is 257 g/mol. The fourth-order valence-corrected chi connectivity index (χ4v) is 1.83. The van der Waals surface area contributed by atoms with Gasteiger partial charge >= 0.3 is 6.03 Å². The average Bonchev–Trinajstić information content (AvgIpc) is 2.34. The molecule has 1 aliphatic heterocycles. The van der Waals surface area contributed by atoms with E-state index in [9.17, 15) is 4.79 Å². The van der Waals surface area contributed by atoms with Gasteiger partial charge in [0.2, 0.25) is 0 Å². The summed E-state index contributed by atoms with van der Waals surface area (Å²) >= 11 is 0. The summed E-state index contributed by atoms with van der Waals surface area (Å²) in [6, 6.07) is -0.407. The van der Waals surface area contributed by atoms with Crippen LogP contribution in [0.4, 0.5) is 4.79 Å². The summed E-state index contributed by atoms with van der Waals surface area (Å²) in [4.78, 5) is 13.5. The van der Waals surface area contributed by atoms with E-state index in [4.69, 9.17) is 15.9 Å². The van der Waals surface area contributed by atoms with Crippen molar-refractivity contribution in [2.45, 2.75) is 19.3 Å². The van der Waals surface area contributed by atoms with E-state index >= 15 is 0 Å². The Labute approximate surface area is 108 Å². The molecule has 1 fully saturated rings. The van der Waals surface area contributed by atoms with Crippen LogP contribution in [0.5, 0.6) is 0 Å². The van der Waals surface area contributed by atoms with E-state index in [-0.39, 0.29) is 5.96 Å². The van der Waals surface area contributed by atoms with Gasteiger partial charge in [-0.25, -0.2) is 4.79 Å². The lowest BCUT2D eigenvalue weighted by Gasteiger charge is -2.26. The van der Waals surface area contributed by atoms with Crippen molar-refractivity contribution in [1.82, 2.24) is 15.5 Å². The number of hydrogen-bond donors (Lipinski definition) is 4. The zero-order valence-electron chi connectivity index (χ0n) is 10.7. The van der Waals surface area contributed by atoms with Gasteiger partial charge in [-0.15, -0.1) is 0 Å². The van der Waals surface area contributed by atoms with Crippen LogP contribution in [-0.4, -0.2) is 56.3 Å². The number of carbonyl (C=O) groups excluding carboxylic acids is 1. The Hall–Kier alpha value is -1.34. The highest BCUT2D eigenvalue weighted by atomic mass is 16.5. The Balaban J connectivity index is 1.89. The second-order valence-corrected chi connectivity index (χ2v) is 4.31. The maximum Gasteiger partial charge on any atom is 0.321 e. The average molecular weight is 257 g/mol. The Morgan fingerprint density at radius 3 is 2.67 bits per heavy atom. The molecule has 0 atom stereocenters. The van der Waals surface area contributed by atoms with Crippen molar-refractivity contribution in [1.29, 1.82) is 5.41 Å². The standard InChI is InChI=1S/C11H23N5O2/c12-10(13)15-11(17)14-4-2-1-3-5-16-6-8-18-9-7-16/h1-9H2,(H5,12,13,14,15,17). The lowest BCUT2D eigenvalue weighted by atomic mass is 10.2. The van der Waals surface area contributed by atoms with Crippen molar-refractivity contribution < 1.29 is 9.53 Å². The fraction of sp³-hybridized carbons (Fsp3) is 0.818. The summed E-state index contributed by atoms with van der Waals surface area (Å²) in [6.45, 7) is 5.45. The van der Waals surface area contributed by atoms with Gasteiger partial charge in [-0.3, -0.25) is 15.6 Å². The smallest absolute Gasteiger partial charge is 0.321 e. The van der Waals surface area contributed by atoms with Crippen LogP contribution in [0.3, 0.4) is 0 Å². The molecule has 2 amide bonds. The van der Waals surface area contributed by atoms with Gasteiger partial charge in [0.05, 0.1) is 13.2 Å². The van der Waals surface area contributed by atoms with Crippen molar-refractivity contribution in [3.05, 3.63) is 0 Å². The zero-order chi connectivity index (χ0) is 13.2. The van der Waals surface area contributed by atoms with Crippen LogP contribution in [0.1, 0.15) is 19.3 Å². The first kappa shape index (κ1) is 14.7. The van der Waals surface area contributed by atoms with Gasteiger partial charge in [0.15, 0.2) is 5.96 Å². The second-order valence-electron chi connectivity index (χ2n) is 4.31. The lowest BCUT2D eigenvalue weighted by Crippen LogP contribution is -2.43. The number of ether oxygens (including phenoxy) is 1. The number of unbranched alkanes of at least 4 members (excludes halogenated alkanes) is 2. The van der Waals surface area contributed by atoms with Crippen LogP contribution < -0.4 is 16.4 Å². The maximum atomic E-state index is 11.1. The number of morpholine rings is 1. The van der Waals surface area contributed by atoms with Crippen molar-refractivity contribution >= 4 is 12.0 Å². The largest absolute Gasteiger partial charge is 0.379 e. The molecule has 104 valence electrons. The van der Waals surface area contributed by atoms with Crippen molar-refractivity contribution in [2.75, 3.05) is 39.4 Å². The summed E-state index contributed by atoms with van der Waals surface area (Å²) in [5.74, 6) is -0.334. The molecule has 5 N–H and O–H groups in total. The molecule has 1 saturated heterocycles. The van der Waals surface area contributed by atoms with Crippen LogP contribution in [0, 0.1) is 5.41 Å². The van der Waals surface area contributed by atoms with E-state index in [0.29, 0.717) is 6.54 Å². The van der Waals surface area contributed by atoms with Crippen LogP contribution >= 0.6 is 0 Å². The molecule has 1 rings (SSSR count). The van der Waals surface area contributed by atoms with Crippen LogP contribution in [0.15, 0.2) is 0 Å². The van der Waals surface area contributed by atoms with E-state index in [1.54, 1.807) is 0 Å². The third kappa shape index (κ3) is 7.08. The van der Waals surface area contributed by atoms with E-state index in [2.05, 4.69) is 15.5 Å². The highest BCUT2D eigenvalue weighted by molar-refractivity contribution is 5.93. The predicted octanol–water partition coefficient (Wildman–Crippen LogP) is -0.318. The van der Waals surface area contributed by atoms with Gasteiger partial charge in [0.25, 0.3) is 0 Å². The molecule has 0 aromatic rings. The molecule has 0 spiro atoms. The summed E-state index contributed by atoms with van der Waals surface area (Å²) in [5.41, 5.74) is 5.02. The molecule has 18 heavy (non-hydrogen) atoms. The van der Waals surface area contributed by atoms with Gasteiger partial charge in [-0.1, -0.05) is 6.42 Å². The molecular formula is C11H23N5O2. The quantitative estimate of drug-likeness (QED) is 0.297. The summed E-state index contributed by atoms with van der Waals surface area (Å²) in [6.07, 6.45) is 3.16. The number of guanidine groups is 1. The summed E-state index contributed by atoms with van der Waals surface area (Å²) < 4.78 is 5.28. The first-order valence-electron chi connectivity index (χ1n) is 6.37. The predicted molar refractivity (Wildman–Crippen MR) is 69.6 cm³/mol. The number of nitrogens with one attached hydrogen (secondary N) is 3. The minimum atomic E-state index is -0.407. The topological polar surface area (TPSA) is 103 Å². The molecule has 0 radical (unpaired) electrons. The third-order valence-corrected chi connectivity index (χ3v) is 2.79. The van der Waals surface area contributed by atoms with Crippen LogP contribution in [0.2, 0.25) is 0 Å². The number of carbonyl (C=O) groups is 1. The Bertz CT molecular complexity index is 266. The van der Waals surface area contributed by atoms with Crippen LogP contribution in [-0.2, 0) is 4.74 Å². The summed E-state index contributed by atoms with van der Waals surface area (Å²) in [7, 11) is 0.